The molecule has 1 saturated heterocycles. The number of hydrogen-bond acceptors (Lipinski definition) is 5. The van der Waals surface area contributed by atoms with E-state index >= 15 is 0 Å². The van der Waals surface area contributed by atoms with Crippen molar-refractivity contribution in [3.63, 3.8) is 0 Å². The van der Waals surface area contributed by atoms with Gasteiger partial charge in [0.25, 0.3) is 5.69 Å². The second kappa shape index (κ2) is 6.67. The number of likely N-dealkylation sites (N-methyl/N-ethyl adjacent to an activating group) is 1. The number of nitrogens with zero attached hydrogens (tertiary/aromatic N) is 2. The van der Waals surface area contributed by atoms with Crippen LogP contribution in [0.4, 0.5) is 11.4 Å². The van der Waals surface area contributed by atoms with E-state index in [4.69, 9.17) is 4.74 Å². The molecule has 6 heteroatoms. The van der Waals surface area contributed by atoms with Crippen LogP contribution in [0.3, 0.4) is 0 Å². The van der Waals surface area contributed by atoms with Gasteiger partial charge in [-0.1, -0.05) is 0 Å². The molecular weight excluding hydrogens is 272 g/mol. The maximum absolute atomic E-state index is 11.6. The summed E-state index contributed by atoms with van der Waals surface area (Å²) in [6, 6.07) is 4.71. The van der Waals surface area contributed by atoms with Crippen molar-refractivity contribution in [3.8, 4) is 0 Å². The Balaban J connectivity index is 2.26. The third kappa shape index (κ3) is 3.58. The van der Waals surface area contributed by atoms with Crippen LogP contribution in [0.25, 0.3) is 0 Å². The summed E-state index contributed by atoms with van der Waals surface area (Å²) in [4.78, 5) is 24.2. The van der Waals surface area contributed by atoms with Crippen LogP contribution in [-0.2, 0) is 4.74 Å². The highest BCUT2D eigenvalue weighted by Crippen LogP contribution is 2.26. The number of ether oxygens (including phenoxy) is 1. The molecule has 1 aliphatic rings. The van der Waals surface area contributed by atoms with Gasteiger partial charge in [0.15, 0.2) is 5.78 Å². The molecule has 1 unspecified atom stereocenters. The van der Waals surface area contributed by atoms with Crippen LogP contribution in [0, 0.1) is 10.1 Å². The molecule has 0 aromatic heterocycles. The first-order valence-corrected chi connectivity index (χ1v) is 7.18. The fourth-order valence-electron chi connectivity index (χ4n) is 2.61. The second-order valence-electron chi connectivity index (χ2n) is 5.19. The van der Waals surface area contributed by atoms with Crippen molar-refractivity contribution in [1.82, 2.24) is 0 Å². The lowest BCUT2D eigenvalue weighted by Crippen LogP contribution is -2.32. The molecule has 114 valence electrons. The minimum absolute atomic E-state index is 0.139. The number of nitro groups is 1. The van der Waals surface area contributed by atoms with E-state index in [1.54, 1.807) is 12.1 Å². The lowest BCUT2D eigenvalue weighted by Gasteiger charge is -2.26. The number of nitro benzene ring substituents is 1. The molecular formula is C15H20N2O4. The fourth-order valence-corrected chi connectivity index (χ4v) is 2.61. The highest BCUT2D eigenvalue weighted by molar-refractivity contribution is 5.99. The molecule has 2 rings (SSSR count). The van der Waals surface area contributed by atoms with Crippen molar-refractivity contribution in [2.45, 2.75) is 32.8 Å². The highest BCUT2D eigenvalue weighted by atomic mass is 16.6. The molecule has 1 heterocycles. The second-order valence-corrected chi connectivity index (χ2v) is 5.19. The summed E-state index contributed by atoms with van der Waals surface area (Å²) >= 11 is 0. The number of ketones is 1. The number of anilines is 1. The van der Waals surface area contributed by atoms with Gasteiger partial charge in [0.05, 0.1) is 16.6 Å². The van der Waals surface area contributed by atoms with Gasteiger partial charge >= 0.3 is 0 Å². The van der Waals surface area contributed by atoms with E-state index in [2.05, 4.69) is 4.90 Å². The van der Waals surface area contributed by atoms with E-state index in [9.17, 15) is 14.9 Å². The SMILES string of the molecule is CCN(CC1CCCO1)c1ccc([N+](=O)[O-])c(C(C)=O)c1. The Kier molecular flexibility index (Phi) is 4.90. The smallest absolute Gasteiger partial charge is 0.280 e. The Labute approximate surface area is 123 Å². The third-order valence-electron chi connectivity index (χ3n) is 3.75. The molecule has 0 saturated carbocycles. The Morgan fingerprint density at radius 1 is 1.52 bits per heavy atom. The van der Waals surface area contributed by atoms with Gasteiger partial charge in [0.2, 0.25) is 0 Å². The summed E-state index contributed by atoms with van der Waals surface area (Å²) in [7, 11) is 0. The van der Waals surface area contributed by atoms with E-state index in [0.29, 0.717) is 0 Å². The number of carbonyl (C=O) groups excluding carboxylic acids is 1. The molecule has 1 aromatic carbocycles. The molecule has 0 bridgehead atoms. The number of benzene rings is 1. The maximum Gasteiger partial charge on any atom is 0.280 e. The van der Waals surface area contributed by atoms with Crippen LogP contribution < -0.4 is 4.90 Å². The van der Waals surface area contributed by atoms with Crippen LogP contribution >= 0.6 is 0 Å². The van der Waals surface area contributed by atoms with Crippen LogP contribution in [0.1, 0.15) is 37.0 Å². The first kappa shape index (κ1) is 15.4. The number of rotatable bonds is 6. The standard InChI is InChI=1S/C15H20N2O4/c1-3-16(10-13-5-4-8-21-13)12-6-7-15(17(19)20)14(9-12)11(2)18/h6-7,9,13H,3-5,8,10H2,1-2H3. The quantitative estimate of drug-likeness (QED) is 0.458. The van der Waals surface area contributed by atoms with Gasteiger partial charge in [-0.25, -0.2) is 0 Å². The number of carbonyl (C=O) groups is 1. The molecule has 0 N–H and O–H groups in total. The van der Waals surface area contributed by atoms with Crippen LogP contribution in [0.15, 0.2) is 18.2 Å². The molecule has 1 aliphatic heterocycles. The fraction of sp³-hybridized carbons (Fsp3) is 0.533. The number of Topliss-reactive ketones (excluding diaryl/α,β-unsaturated/α-hetero) is 1. The first-order valence-electron chi connectivity index (χ1n) is 7.18. The number of hydrogen-bond donors (Lipinski definition) is 0. The zero-order chi connectivity index (χ0) is 15.4. The van der Waals surface area contributed by atoms with Gasteiger partial charge in [-0.2, -0.15) is 0 Å². The van der Waals surface area contributed by atoms with E-state index in [0.717, 1.165) is 38.2 Å². The van der Waals surface area contributed by atoms with Gasteiger partial charge in [0.1, 0.15) is 0 Å². The molecule has 1 aromatic rings. The lowest BCUT2D eigenvalue weighted by molar-refractivity contribution is -0.385. The maximum atomic E-state index is 11.6. The van der Waals surface area contributed by atoms with Gasteiger partial charge in [0, 0.05) is 31.5 Å². The Bertz CT molecular complexity index is 538. The zero-order valence-corrected chi connectivity index (χ0v) is 12.4. The van der Waals surface area contributed by atoms with Crippen molar-refractivity contribution in [2.24, 2.45) is 0 Å². The normalized spacial score (nSPS) is 17.7. The van der Waals surface area contributed by atoms with E-state index < -0.39 is 4.92 Å². The van der Waals surface area contributed by atoms with Gasteiger partial charge in [-0.15, -0.1) is 0 Å². The molecule has 21 heavy (non-hydrogen) atoms. The topological polar surface area (TPSA) is 72.7 Å². The molecule has 0 aliphatic carbocycles. The molecule has 0 spiro atoms. The third-order valence-corrected chi connectivity index (χ3v) is 3.75. The molecule has 0 amide bonds. The van der Waals surface area contributed by atoms with Crippen molar-refractivity contribution >= 4 is 17.2 Å². The minimum atomic E-state index is -0.517. The van der Waals surface area contributed by atoms with Crippen LogP contribution in [0.5, 0.6) is 0 Å². The van der Waals surface area contributed by atoms with Crippen LogP contribution in [-0.4, -0.2) is 36.5 Å². The first-order chi connectivity index (χ1) is 10.0. The van der Waals surface area contributed by atoms with E-state index in [1.807, 2.05) is 6.92 Å². The van der Waals surface area contributed by atoms with Crippen LogP contribution in [0.2, 0.25) is 0 Å². The Morgan fingerprint density at radius 2 is 2.29 bits per heavy atom. The lowest BCUT2D eigenvalue weighted by atomic mass is 10.1. The predicted molar refractivity (Wildman–Crippen MR) is 80.0 cm³/mol. The summed E-state index contributed by atoms with van der Waals surface area (Å²) in [6.45, 7) is 5.66. The van der Waals surface area contributed by atoms with Crippen molar-refractivity contribution in [1.29, 1.82) is 0 Å². The average Bonchev–Trinajstić information content (AvgIpc) is 2.97. The largest absolute Gasteiger partial charge is 0.376 e. The molecule has 6 nitrogen and oxygen atoms in total. The molecule has 1 atom stereocenters. The molecule has 1 fully saturated rings. The van der Waals surface area contributed by atoms with Crippen molar-refractivity contribution in [3.05, 3.63) is 33.9 Å². The van der Waals surface area contributed by atoms with Gasteiger partial charge in [-0.05, 0) is 38.8 Å². The van der Waals surface area contributed by atoms with Crippen molar-refractivity contribution < 1.29 is 14.5 Å². The van der Waals surface area contributed by atoms with Gasteiger partial charge in [-0.3, -0.25) is 14.9 Å². The molecule has 0 radical (unpaired) electrons. The highest BCUT2D eigenvalue weighted by Gasteiger charge is 2.22. The van der Waals surface area contributed by atoms with Gasteiger partial charge < -0.3 is 9.64 Å². The summed E-state index contributed by atoms with van der Waals surface area (Å²) in [5.74, 6) is -0.295. The Morgan fingerprint density at radius 3 is 2.81 bits per heavy atom. The van der Waals surface area contributed by atoms with Crippen molar-refractivity contribution in [2.75, 3.05) is 24.6 Å². The summed E-state index contributed by atoms with van der Waals surface area (Å²) in [5, 5.41) is 11.0. The summed E-state index contributed by atoms with van der Waals surface area (Å²) < 4.78 is 5.63. The van der Waals surface area contributed by atoms with E-state index in [1.165, 1.54) is 13.0 Å². The minimum Gasteiger partial charge on any atom is -0.376 e. The average molecular weight is 292 g/mol. The Hall–Kier alpha value is -1.95. The van der Waals surface area contributed by atoms with E-state index in [-0.39, 0.29) is 23.1 Å². The predicted octanol–water partition coefficient (Wildman–Crippen LogP) is 2.80. The monoisotopic (exact) mass is 292 g/mol. The zero-order valence-electron chi connectivity index (χ0n) is 12.4. The summed E-state index contributed by atoms with van der Waals surface area (Å²) in [5.41, 5.74) is 0.839. The summed E-state index contributed by atoms with van der Waals surface area (Å²) in [6.07, 6.45) is 2.30.